The van der Waals surface area contributed by atoms with Crippen LogP contribution in [0.1, 0.15) is 11.1 Å². The fourth-order valence-electron chi connectivity index (χ4n) is 2.18. The van der Waals surface area contributed by atoms with E-state index in [0.29, 0.717) is 0 Å². The minimum atomic E-state index is 1.01. The Labute approximate surface area is 111 Å². The van der Waals surface area contributed by atoms with Crippen molar-refractivity contribution < 1.29 is 0 Å². The van der Waals surface area contributed by atoms with E-state index >= 15 is 0 Å². The highest BCUT2D eigenvalue weighted by molar-refractivity contribution is 7.17. The number of hydrogen-bond acceptors (Lipinski definition) is 2. The molecule has 3 aromatic rings. The third-order valence-corrected chi connectivity index (χ3v) is 4.21. The van der Waals surface area contributed by atoms with E-state index in [9.17, 15) is 0 Å². The van der Waals surface area contributed by atoms with E-state index in [-0.39, 0.29) is 0 Å². The van der Waals surface area contributed by atoms with Crippen LogP contribution in [0.3, 0.4) is 0 Å². The highest BCUT2D eigenvalue weighted by Gasteiger charge is 2.04. The van der Waals surface area contributed by atoms with E-state index in [1.165, 1.54) is 21.2 Å². The van der Waals surface area contributed by atoms with Gasteiger partial charge in [-0.2, -0.15) is 0 Å². The number of anilines is 1. The molecule has 1 aromatic heterocycles. The lowest BCUT2D eigenvalue weighted by atomic mass is 10.0. The summed E-state index contributed by atoms with van der Waals surface area (Å²) < 4.78 is 1.37. The fourth-order valence-corrected chi connectivity index (χ4v) is 3.14. The van der Waals surface area contributed by atoms with Gasteiger partial charge in [0.2, 0.25) is 0 Å². The molecule has 0 aliphatic rings. The monoisotopic (exact) mass is 253 g/mol. The summed E-state index contributed by atoms with van der Waals surface area (Å²) in [5, 5.41) is 6.81. The second kappa shape index (κ2) is 4.83. The summed E-state index contributed by atoms with van der Waals surface area (Å²) in [6.07, 6.45) is 1.01. The molecule has 2 aromatic carbocycles. The molecule has 0 fully saturated rings. The maximum Gasteiger partial charge on any atom is 0.0345 e. The first-order valence-electron chi connectivity index (χ1n) is 6.08. The van der Waals surface area contributed by atoms with Crippen molar-refractivity contribution in [1.82, 2.24) is 0 Å². The quantitative estimate of drug-likeness (QED) is 0.723. The minimum Gasteiger partial charge on any atom is -0.388 e. The number of thiophene rings is 1. The first-order chi connectivity index (χ1) is 8.86. The average Bonchev–Trinajstić information content (AvgIpc) is 2.83. The van der Waals surface area contributed by atoms with Crippen LogP contribution in [0.2, 0.25) is 0 Å². The van der Waals surface area contributed by atoms with E-state index in [2.05, 4.69) is 59.2 Å². The Hall–Kier alpha value is -1.80. The molecule has 0 saturated heterocycles. The average molecular weight is 253 g/mol. The molecule has 0 aliphatic heterocycles. The standard InChI is InChI=1S/C16H15NS/c1-17-14-8-6-12(7-9-14)10-13-11-18-16-5-3-2-4-15(13)16/h2-9,11,17H,10H2,1H3. The molecule has 90 valence electrons. The van der Waals surface area contributed by atoms with E-state index in [4.69, 9.17) is 0 Å². The zero-order chi connectivity index (χ0) is 12.4. The molecule has 1 heterocycles. The topological polar surface area (TPSA) is 12.0 Å². The van der Waals surface area contributed by atoms with Gasteiger partial charge in [-0.3, -0.25) is 0 Å². The summed E-state index contributed by atoms with van der Waals surface area (Å²) in [5.41, 5.74) is 3.94. The van der Waals surface area contributed by atoms with E-state index in [0.717, 1.165) is 12.1 Å². The predicted octanol–water partition coefficient (Wildman–Crippen LogP) is 4.53. The number of rotatable bonds is 3. The van der Waals surface area contributed by atoms with Crippen LogP contribution >= 0.6 is 11.3 Å². The fraction of sp³-hybridized carbons (Fsp3) is 0.125. The molecule has 0 amide bonds. The largest absolute Gasteiger partial charge is 0.388 e. The van der Waals surface area contributed by atoms with Crippen molar-refractivity contribution >= 4 is 27.1 Å². The molecule has 18 heavy (non-hydrogen) atoms. The van der Waals surface area contributed by atoms with Crippen LogP contribution in [-0.2, 0) is 6.42 Å². The molecule has 0 spiro atoms. The molecule has 0 aliphatic carbocycles. The van der Waals surface area contributed by atoms with Gasteiger partial charge in [0.15, 0.2) is 0 Å². The third-order valence-electron chi connectivity index (χ3n) is 3.20. The van der Waals surface area contributed by atoms with Gasteiger partial charge in [-0.05, 0) is 46.5 Å². The Morgan fingerprint density at radius 1 is 1.00 bits per heavy atom. The van der Waals surface area contributed by atoms with E-state index in [1.54, 1.807) is 0 Å². The SMILES string of the molecule is CNc1ccc(Cc2csc3ccccc23)cc1. The van der Waals surface area contributed by atoms with Crippen LogP contribution in [0.5, 0.6) is 0 Å². The molecule has 0 bridgehead atoms. The van der Waals surface area contributed by atoms with Gasteiger partial charge in [0.1, 0.15) is 0 Å². The van der Waals surface area contributed by atoms with Gasteiger partial charge in [-0.1, -0.05) is 30.3 Å². The van der Waals surface area contributed by atoms with Crippen LogP contribution in [-0.4, -0.2) is 7.05 Å². The van der Waals surface area contributed by atoms with Crippen molar-refractivity contribution in [1.29, 1.82) is 0 Å². The summed E-state index contributed by atoms with van der Waals surface area (Å²) in [7, 11) is 1.95. The lowest BCUT2D eigenvalue weighted by molar-refractivity contribution is 1.22. The Morgan fingerprint density at radius 3 is 2.56 bits per heavy atom. The van der Waals surface area contributed by atoms with Gasteiger partial charge in [0.05, 0.1) is 0 Å². The van der Waals surface area contributed by atoms with Crippen LogP contribution in [0.25, 0.3) is 10.1 Å². The van der Waals surface area contributed by atoms with Crippen molar-refractivity contribution in [2.45, 2.75) is 6.42 Å². The molecule has 2 heteroatoms. The van der Waals surface area contributed by atoms with Crippen LogP contribution in [0.4, 0.5) is 5.69 Å². The van der Waals surface area contributed by atoms with Crippen LogP contribution < -0.4 is 5.32 Å². The molecule has 0 atom stereocenters. The second-order valence-electron chi connectivity index (χ2n) is 4.38. The van der Waals surface area contributed by atoms with Gasteiger partial charge < -0.3 is 5.32 Å². The number of benzene rings is 2. The minimum absolute atomic E-state index is 1.01. The van der Waals surface area contributed by atoms with Gasteiger partial charge in [-0.25, -0.2) is 0 Å². The van der Waals surface area contributed by atoms with Crippen molar-refractivity contribution in [2.24, 2.45) is 0 Å². The molecule has 3 rings (SSSR count). The van der Waals surface area contributed by atoms with Crippen molar-refractivity contribution in [3.8, 4) is 0 Å². The van der Waals surface area contributed by atoms with Crippen LogP contribution in [0.15, 0.2) is 53.9 Å². The highest BCUT2D eigenvalue weighted by atomic mass is 32.1. The van der Waals surface area contributed by atoms with Gasteiger partial charge in [0.25, 0.3) is 0 Å². The Bertz CT molecular complexity index is 652. The molecule has 0 radical (unpaired) electrons. The molecular weight excluding hydrogens is 238 g/mol. The summed E-state index contributed by atoms with van der Waals surface area (Å²) in [6, 6.07) is 17.3. The van der Waals surface area contributed by atoms with Gasteiger partial charge >= 0.3 is 0 Å². The molecule has 0 unspecified atom stereocenters. The predicted molar refractivity (Wildman–Crippen MR) is 80.6 cm³/mol. The zero-order valence-electron chi connectivity index (χ0n) is 10.3. The van der Waals surface area contributed by atoms with Crippen molar-refractivity contribution in [3.05, 3.63) is 65.0 Å². The Morgan fingerprint density at radius 2 is 1.78 bits per heavy atom. The lowest BCUT2D eigenvalue weighted by Crippen LogP contribution is -1.90. The van der Waals surface area contributed by atoms with E-state index < -0.39 is 0 Å². The Balaban J connectivity index is 1.91. The molecule has 0 saturated carbocycles. The number of hydrogen-bond donors (Lipinski definition) is 1. The van der Waals surface area contributed by atoms with Crippen molar-refractivity contribution in [3.63, 3.8) is 0 Å². The van der Waals surface area contributed by atoms with Crippen molar-refractivity contribution in [2.75, 3.05) is 12.4 Å². The van der Waals surface area contributed by atoms with E-state index in [1.807, 2.05) is 18.4 Å². The lowest BCUT2D eigenvalue weighted by Gasteiger charge is -2.03. The maximum atomic E-state index is 3.14. The Kier molecular flexibility index (Phi) is 3.03. The smallest absolute Gasteiger partial charge is 0.0345 e. The highest BCUT2D eigenvalue weighted by Crippen LogP contribution is 2.27. The summed E-state index contributed by atoms with van der Waals surface area (Å²) >= 11 is 1.83. The molecule has 1 N–H and O–H groups in total. The number of nitrogens with one attached hydrogen (secondary N) is 1. The summed E-state index contributed by atoms with van der Waals surface area (Å²) in [4.78, 5) is 0. The number of fused-ring (bicyclic) bond motifs is 1. The normalized spacial score (nSPS) is 10.7. The van der Waals surface area contributed by atoms with Gasteiger partial charge in [-0.15, -0.1) is 11.3 Å². The van der Waals surface area contributed by atoms with Crippen LogP contribution in [0, 0.1) is 0 Å². The molecular formula is C16H15NS. The maximum absolute atomic E-state index is 3.14. The summed E-state index contributed by atoms with van der Waals surface area (Å²) in [5.74, 6) is 0. The first kappa shape index (κ1) is 11.3. The summed E-state index contributed by atoms with van der Waals surface area (Å²) in [6.45, 7) is 0. The second-order valence-corrected chi connectivity index (χ2v) is 5.29. The molecule has 1 nitrogen and oxygen atoms in total. The third kappa shape index (κ3) is 2.12. The zero-order valence-corrected chi connectivity index (χ0v) is 11.1. The first-order valence-corrected chi connectivity index (χ1v) is 6.96. The van der Waals surface area contributed by atoms with Gasteiger partial charge in [0, 0.05) is 17.4 Å².